The van der Waals surface area contributed by atoms with Crippen molar-refractivity contribution in [3.05, 3.63) is 22.3 Å². The van der Waals surface area contributed by atoms with Gasteiger partial charge in [0, 0.05) is 22.0 Å². The molecule has 0 amide bonds. The molecule has 0 radical (unpaired) electrons. The van der Waals surface area contributed by atoms with Gasteiger partial charge in [-0.1, -0.05) is 13.8 Å². The van der Waals surface area contributed by atoms with Gasteiger partial charge in [-0.05, 0) is 60.5 Å². The molecule has 116 valence electrons. The summed E-state index contributed by atoms with van der Waals surface area (Å²) in [7, 11) is -2.14. The second-order valence-corrected chi connectivity index (χ2v) is 12.6. The molecule has 1 atom stereocenters. The predicted octanol–water partition coefficient (Wildman–Crippen LogP) is 4.35. The van der Waals surface area contributed by atoms with Crippen LogP contribution in [0.5, 0.6) is 0 Å². The van der Waals surface area contributed by atoms with Crippen LogP contribution in [0.3, 0.4) is 0 Å². The number of rotatable bonds is 5. The predicted molar refractivity (Wildman–Crippen MR) is 97.9 cm³/mol. The van der Waals surface area contributed by atoms with E-state index in [1.54, 1.807) is 6.33 Å². The van der Waals surface area contributed by atoms with E-state index in [-0.39, 0.29) is 5.04 Å². The van der Waals surface area contributed by atoms with Crippen LogP contribution in [0, 0.1) is 3.57 Å². The van der Waals surface area contributed by atoms with Gasteiger partial charge in [0.05, 0.1) is 5.39 Å². The zero-order chi connectivity index (χ0) is 15.8. The molecule has 0 aliphatic rings. The van der Waals surface area contributed by atoms with E-state index in [1.807, 2.05) is 19.3 Å². The van der Waals surface area contributed by atoms with Crippen LogP contribution in [-0.2, 0) is 0 Å². The van der Waals surface area contributed by atoms with Gasteiger partial charge in [-0.3, -0.25) is 0 Å². The van der Waals surface area contributed by atoms with Gasteiger partial charge in [0.25, 0.3) is 0 Å². The van der Waals surface area contributed by atoms with Crippen LogP contribution in [0.1, 0.15) is 39.7 Å². The average molecular weight is 417 g/mol. The first-order valence-electron chi connectivity index (χ1n) is 7.32. The number of hydrogen-bond donors (Lipinski definition) is 1. The molecule has 0 fully saturated rings. The Morgan fingerprint density at radius 2 is 2.10 bits per heavy atom. The van der Waals surface area contributed by atoms with Crippen molar-refractivity contribution in [1.82, 2.24) is 14.5 Å². The second kappa shape index (κ2) is 5.96. The van der Waals surface area contributed by atoms with Crippen molar-refractivity contribution in [1.29, 1.82) is 0 Å². The van der Waals surface area contributed by atoms with E-state index in [4.69, 9.17) is 0 Å². The third kappa shape index (κ3) is 3.48. The Labute approximate surface area is 141 Å². The maximum atomic E-state index is 10.4. The number of halogens is 1. The summed E-state index contributed by atoms with van der Waals surface area (Å²) in [4.78, 5) is 18.9. The van der Waals surface area contributed by atoms with Gasteiger partial charge in [0.15, 0.2) is 8.32 Å². The Kier molecular flexibility index (Phi) is 4.80. The molecule has 0 aliphatic carbocycles. The van der Waals surface area contributed by atoms with E-state index < -0.39 is 8.32 Å². The maximum Gasteiger partial charge on any atom is 0.188 e. The SMILES string of the molecule is CC(CCC(C)(C)[Si](C)(C)O)n1cc(I)c2cncnc21. The van der Waals surface area contributed by atoms with Crippen LogP contribution < -0.4 is 0 Å². The van der Waals surface area contributed by atoms with Gasteiger partial charge in [-0.2, -0.15) is 0 Å². The number of nitrogens with zero attached hydrogens (tertiary/aromatic N) is 3. The Hall–Kier alpha value is -0.473. The normalized spacial score (nSPS) is 14.6. The van der Waals surface area contributed by atoms with Crippen molar-refractivity contribution in [2.24, 2.45) is 0 Å². The molecule has 4 nitrogen and oxygen atoms in total. The molecule has 0 bridgehead atoms. The fourth-order valence-electron chi connectivity index (χ4n) is 2.30. The largest absolute Gasteiger partial charge is 0.432 e. The van der Waals surface area contributed by atoms with Crippen molar-refractivity contribution < 1.29 is 4.80 Å². The molecule has 0 aromatic carbocycles. The lowest BCUT2D eigenvalue weighted by Crippen LogP contribution is -2.39. The summed E-state index contributed by atoms with van der Waals surface area (Å²) in [5.74, 6) is 0. The molecule has 6 heteroatoms. The van der Waals surface area contributed by atoms with Crippen LogP contribution in [0.2, 0.25) is 18.1 Å². The summed E-state index contributed by atoms with van der Waals surface area (Å²) in [6.07, 6.45) is 7.69. The Balaban J connectivity index is 2.19. The molecular formula is C15H24IN3OSi. The summed E-state index contributed by atoms with van der Waals surface area (Å²) in [5.41, 5.74) is 1.00. The van der Waals surface area contributed by atoms with E-state index in [9.17, 15) is 4.80 Å². The Morgan fingerprint density at radius 1 is 1.43 bits per heavy atom. The highest BCUT2D eigenvalue weighted by Gasteiger charge is 2.37. The van der Waals surface area contributed by atoms with Gasteiger partial charge < -0.3 is 9.36 Å². The molecular weight excluding hydrogens is 393 g/mol. The topological polar surface area (TPSA) is 50.9 Å². The van der Waals surface area contributed by atoms with Gasteiger partial charge in [-0.15, -0.1) is 0 Å². The summed E-state index contributed by atoms with van der Waals surface area (Å²) in [5, 5.41) is 1.13. The average Bonchev–Trinajstić information content (AvgIpc) is 2.73. The molecule has 21 heavy (non-hydrogen) atoms. The van der Waals surface area contributed by atoms with Crippen molar-refractivity contribution in [2.75, 3.05) is 0 Å². The Bertz CT molecular complexity index is 633. The molecule has 2 rings (SSSR count). The van der Waals surface area contributed by atoms with Crippen molar-refractivity contribution in [3.63, 3.8) is 0 Å². The first-order valence-corrected chi connectivity index (χ1v) is 11.3. The van der Waals surface area contributed by atoms with Gasteiger partial charge in [-0.25, -0.2) is 9.97 Å². The van der Waals surface area contributed by atoms with E-state index in [1.165, 1.54) is 3.57 Å². The number of fused-ring (bicyclic) bond motifs is 1. The standard InChI is InChI=1S/C15H24IN3OSi/c1-11(6-7-15(2,3)21(4,5)20)19-9-13(16)12-8-17-10-18-14(12)19/h8-11,20H,6-7H2,1-5H3. The lowest BCUT2D eigenvalue weighted by Gasteiger charge is -2.36. The smallest absolute Gasteiger partial charge is 0.188 e. The van der Waals surface area contributed by atoms with Crippen molar-refractivity contribution in [2.45, 2.75) is 57.8 Å². The van der Waals surface area contributed by atoms with Gasteiger partial charge >= 0.3 is 0 Å². The zero-order valence-electron chi connectivity index (χ0n) is 13.4. The third-order valence-corrected chi connectivity index (χ3v) is 9.19. The molecule has 0 aliphatic heterocycles. The Morgan fingerprint density at radius 3 is 2.71 bits per heavy atom. The van der Waals surface area contributed by atoms with Crippen LogP contribution in [0.4, 0.5) is 0 Å². The van der Waals surface area contributed by atoms with Gasteiger partial charge in [0.1, 0.15) is 12.0 Å². The molecule has 2 heterocycles. The van der Waals surface area contributed by atoms with Crippen LogP contribution in [-0.4, -0.2) is 27.6 Å². The maximum absolute atomic E-state index is 10.4. The summed E-state index contributed by atoms with van der Waals surface area (Å²) >= 11 is 2.34. The first-order chi connectivity index (χ1) is 9.63. The molecule has 1 unspecified atom stereocenters. The van der Waals surface area contributed by atoms with Crippen molar-refractivity contribution >= 4 is 41.9 Å². The highest BCUT2D eigenvalue weighted by Crippen LogP contribution is 2.41. The summed E-state index contributed by atoms with van der Waals surface area (Å²) in [6, 6.07) is 0.363. The zero-order valence-corrected chi connectivity index (χ0v) is 16.5. The minimum absolute atomic E-state index is 0.0202. The fraction of sp³-hybridized carbons (Fsp3) is 0.600. The van der Waals surface area contributed by atoms with E-state index >= 15 is 0 Å². The quantitative estimate of drug-likeness (QED) is 0.581. The highest BCUT2D eigenvalue weighted by atomic mass is 127. The fourth-order valence-corrected chi connectivity index (χ4v) is 3.74. The molecule has 2 aromatic rings. The molecule has 0 saturated heterocycles. The van der Waals surface area contributed by atoms with Crippen LogP contribution >= 0.6 is 22.6 Å². The summed E-state index contributed by atoms with van der Waals surface area (Å²) in [6.45, 7) is 10.6. The summed E-state index contributed by atoms with van der Waals surface area (Å²) < 4.78 is 3.42. The number of aromatic nitrogens is 3. The highest BCUT2D eigenvalue weighted by molar-refractivity contribution is 14.1. The monoisotopic (exact) mass is 417 g/mol. The minimum atomic E-state index is -2.14. The second-order valence-electron chi connectivity index (χ2n) is 6.97. The molecule has 1 N–H and O–H groups in total. The van der Waals surface area contributed by atoms with E-state index in [2.05, 4.69) is 64.1 Å². The number of hydrogen-bond acceptors (Lipinski definition) is 3. The van der Waals surface area contributed by atoms with E-state index in [0.29, 0.717) is 6.04 Å². The third-order valence-electron chi connectivity index (χ3n) is 4.76. The lowest BCUT2D eigenvalue weighted by atomic mass is 10.0. The van der Waals surface area contributed by atoms with Gasteiger partial charge in [0.2, 0.25) is 0 Å². The molecule has 2 aromatic heterocycles. The minimum Gasteiger partial charge on any atom is -0.432 e. The molecule has 0 spiro atoms. The molecule has 0 saturated carbocycles. The lowest BCUT2D eigenvalue weighted by molar-refractivity contribution is 0.404. The van der Waals surface area contributed by atoms with Crippen LogP contribution in [0.25, 0.3) is 11.0 Å². The van der Waals surface area contributed by atoms with Crippen molar-refractivity contribution in [3.8, 4) is 0 Å². The van der Waals surface area contributed by atoms with E-state index in [0.717, 1.165) is 23.9 Å². The van der Waals surface area contributed by atoms with Crippen LogP contribution in [0.15, 0.2) is 18.7 Å². The first kappa shape index (κ1) is 16.9.